The molecule has 2 aromatic carbocycles. The highest BCUT2D eigenvalue weighted by atomic mass is 16.3. The Morgan fingerprint density at radius 3 is 2.44 bits per heavy atom. The number of rotatable bonds is 7. The highest BCUT2D eigenvalue weighted by Crippen LogP contribution is 2.32. The molecular formula is C18H23N3O4. The maximum absolute atomic E-state index is 12.1. The standard InChI is InChI=1S/C18H23N3O4/c1-5-7-10(2)19-13-14(17(24)16(13)23)20-12-9-6-8-11(15(12)22)18(25)21(3)4/h6,8-10,19-20,22H,5,7H2,1-4H3/t10-/m0/s1. The number of carbonyl (C=O) groups excluding carboxylic acids is 1. The molecule has 25 heavy (non-hydrogen) atoms. The van der Waals surface area contributed by atoms with Crippen molar-refractivity contribution in [2.75, 3.05) is 24.7 Å². The van der Waals surface area contributed by atoms with Crippen LogP contribution in [0, 0.1) is 0 Å². The second kappa shape index (κ2) is 7.38. The van der Waals surface area contributed by atoms with Crippen molar-refractivity contribution in [1.82, 2.24) is 4.90 Å². The van der Waals surface area contributed by atoms with E-state index in [1.807, 2.05) is 13.8 Å². The van der Waals surface area contributed by atoms with Crippen LogP contribution in [0.25, 0.3) is 0 Å². The minimum absolute atomic E-state index is 0.0455. The third kappa shape index (κ3) is 3.65. The summed E-state index contributed by atoms with van der Waals surface area (Å²) in [5.41, 5.74) is -0.582. The number of hydrogen-bond acceptors (Lipinski definition) is 6. The van der Waals surface area contributed by atoms with Crippen molar-refractivity contribution in [1.29, 1.82) is 0 Å². The Hall–Kier alpha value is -2.83. The smallest absolute Gasteiger partial charge is 0.257 e. The summed E-state index contributed by atoms with van der Waals surface area (Å²) < 4.78 is 0. The predicted octanol–water partition coefficient (Wildman–Crippen LogP) is 2.03. The van der Waals surface area contributed by atoms with Crippen molar-refractivity contribution in [2.24, 2.45) is 0 Å². The van der Waals surface area contributed by atoms with Crippen LogP contribution in [0.5, 0.6) is 5.75 Å². The van der Waals surface area contributed by atoms with E-state index in [-0.39, 0.29) is 40.3 Å². The van der Waals surface area contributed by atoms with Gasteiger partial charge in [-0.3, -0.25) is 14.4 Å². The van der Waals surface area contributed by atoms with Gasteiger partial charge in [0.1, 0.15) is 11.4 Å². The van der Waals surface area contributed by atoms with Crippen LogP contribution in [0.4, 0.5) is 17.1 Å². The number of carbonyl (C=O) groups is 1. The van der Waals surface area contributed by atoms with Crippen LogP contribution in [-0.2, 0) is 0 Å². The summed E-state index contributed by atoms with van der Waals surface area (Å²) >= 11 is 0. The molecule has 7 heteroatoms. The van der Waals surface area contributed by atoms with E-state index in [1.165, 1.54) is 17.0 Å². The SMILES string of the molecule is CCC[C@H](C)Nc1c(Nc2cccc(C(=O)N(C)C)c2O)c(=O)c1=O. The van der Waals surface area contributed by atoms with E-state index in [2.05, 4.69) is 10.6 Å². The summed E-state index contributed by atoms with van der Waals surface area (Å²) in [6.45, 7) is 3.96. The Morgan fingerprint density at radius 2 is 1.84 bits per heavy atom. The molecule has 0 heterocycles. The highest BCUT2D eigenvalue weighted by molar-refractivity contribution is 5.99. The summed E-state index contributed by atoms with van der Waals surface area (Å²) in [4.78, 5) is 37.1. The number of para-hydroxylation sites is 1. The summed E-state index contributed by atoms with van der Waals surface area (Å²) in [6, 6.07) is 4.67. The molecule has 1 amide bonds. The van der Waals surface area contributed by atoms with Gasteiger partial charge in [0.2, 0.25) is 0 Å². The number of phenolic OH excluding ortho intramolecular Hbond substituents is 1. The Bertz CT molecular complexity index is 851. The van der Waals surface area contributed by atoms with E-state index in [9.17, 15) is 19.5 Å². The summed E-state index contributed by atoms with van der Waals surface area (Å²) in [7, 11) is 3.16. The normalized spacial score (nSPS) is 12.0. The molecule has 0 bridgehead atoms. The highest BCUT2D eigenvalue weighted by Gasteiger charge is 2.24. The molecule has 0 radical (unpaired) electrons. The van der Waals surface area contributed by atoms with Gasteiger partial charge in [-0.2, -0.15) is 0 Å². The average molecular weight is 345 g/mol. The molecule has 0 saturated heterocycles. The van der Waals surface area contributed by atoms with Gasteiger partial charge >= 0.3 is 0 Å². The van der Waals surface area contributed by atoms with Crippen LogP contribution in [0.2, 0.25) is 0 Å². The van der Waals surface area contributed by atoms with E-state index in [1.54, 1.807) is 20.2 Å². The fraction of sp³-hybridized carbons (Fsp3) is 0.389. The molecule has 0 saturated carbocycles. The number of aromatic hydroxyl groups is 1. The summed E-state index contributed by atoms with van der Waals surface area (Å²) in [5, 5.41) is 16.1. The molecule has 1 atom stereocenters. The van der Waals surface area contributed by atoms with Crippen LogP contribution in [0.1, 0.15) is 37.0 Å². The van der Waals surface area contributed by atoms with Gasteiger partial charge in [0.05, 0.1) is 11.3 Å². The minimum Gasteiger partial charge on any atom is -0.505 e. The Labute approximate surface area is 146 Å². The molecule has 2 rings (SSSR count). The molecule has 0 aliphatic rings. The second-order valence-electron chi connectivity index (χ2n) is 6.27. The van der Waals surface area contributed by atoms with Gasteiger partial charge in [0.15, 0.2) is 5.75 Å². The van der Waals surface area contributed by atoms with Crippen molar-refractivity contribution < 1.29 is 9.90 Å². The number of nitrogens with one attached hydrogen (secondary N) is 2. The molecule has 0 unspecified atom stereocenters. The molecule has 0 aromatic heterocycles. The number of benzene rings is 1. The molecular weight excluding hydrogens is 322 g/mol. The van der Waals surface area contributed by atoms with Gasteiger partial charge in [-0.05, 0) is 25.5 Å². The molecule has 3 N–H and O–H groups in total. The zero-order valence-corrected chi connectivity index (χ0v) is 14.8. The molecule has 2 aromatic rings. The Morgan fingerprint density at radius 1 is 1.20 bits per heavy atom. The Balaban J connectivity index is 2.31. The zero-order chi connectivity index (χ0) is 18.7. The number of hydrogen-bond donors (Lipinski definition) is 3. The first kappa shape index (κ1) is 18.5. The molecule has 0 aliphatic carbocycles. The third-order valence-corrected chi connectivity index (χ3v) is 3.96. The van der Waals surface area contributed by atoms with Gasteiger partial charge in [-0.25, -0.2) is 0 Å². The fourth-order valence-electron chi connectivity index (χ4n) is 2.59. The lowest BCUT2D eigenvalue weighted by Crippen LogP contribution is -2.38. The minimum atomic E-state index is -0.644. The average Bonchev–Trinajstić information content (AvgIpc) is 2.58. The lowest BCUT2D eigenvalue weighted by molar-refractivity contribution is 0.0824. The predicted molar refractivity (Wildman–Crippen MR) is 98.8 cm³/mol. The topological polar surface area (TPSA) is 98.7 Å². The fourth-order valence-corrected chi connectivity index (χ4v) is 2.59. The largest absolute Gasteiger partial charge is 0.505 e. The molecule has 0 fully saturated rings. The zero-order valence-electron chi connectivity index (χ0n) is 14.8. The summed E-state index contributed by atoms with van der Waals surface area (Å²) in [5.74, 6) is -0.622. The molecule has 7 nitrogen and oxygen atoms in total. The molecule has 134 valence electrons. The number of anilines is 3. The van der Waals surface area contributed by atoms with Crippen LogP contribution in [-0.4, -0.2) is 36.1 Å². The van der Waals surface area contributed by atoms with E-state index >= 15 is 0 Å². The van der Waals surface area contributed by atoms with Gasteiger partial charge < -0.3 is 20.6 Å². The van der Waals surface area contributed by atoms with Crippen LogP contribution < -0.4 is 21.5 Å². The van der Waals surface area contributed by atoms with Crippen molar-refractivity contribution in [3.8, 4) is 5.75 Å². The first-order valence-electron chi connectivity index (χ1n) is 8.18. The molecule has 0 aliphatic heterocycles. The monoisotopic (exact) mass is 345 g/mol. The van der Waals surface area contributed by atoms with Crippen molar-refractivity contribution >= 4 is 23.0 Å². The molecule has 0 spiro atoms. The van der Waals surface area contributed by atoms with Gasteiger partial charge in [0.25, 0.3) is 16.8 Å². The van der Waals surface area contributed by atoms with Crippen molar-refractivity contribution in [2.45, 2.75) is 32.7 Å². The maximum atomic E-state index is 12.1. The summed E-state index contributed by atoms with van der Waals surface area (Å²) in [6.07, 6.45) is 1.80. The van der Waals surface area contributed by atoms with Gasteiger partial charge in [-0.1, -0.05) is 19.4 Å². The number of amides is 1. The number of phenols is 1. The van der Waals surface area contributed by atoms with E-state index < -0.39 is 10.9 Å². The van der Waals surface area contributed by atoms with Crippen LogP contribution >= 0.6 is 0 Å². The second-order valence-corrected chi connectivity index (χ2v) is 6.27. The lowest BCUT2D eigenvalue weighted by atomic mass is 10.1. The van der Waals surface area contributed by atoms with E-state index in [4.69, 9.17) is 0 Å². The first-order chi connectivity index (χ1) is 11.8. The van der Waals surface area contributed by atoms with Crippen LogP contribution in [0.3, 0.4) is 0 Å². The Kier molecular flexibility index (Phi) is 5.46. The van der Waals surface area contributed by atoms with Crippen LogP contribution in [0.15, 0.2) is 27.8 Å². The van der Waals surface area contributed by atoms with E-state index in [0.717, 1.165) is 12.8 Å². The van der Waals surface area contributed by atoms with Gasteiger partial charge in [-0.15, -0.1) is 0 Å². The van der Waals surface area contributed by atoms with Crippen molar-refractivity contribution in [3.63, 3.8) is 0 Å². The first-order valence-corrected chi connectivity index (χ1v) is 8.18. The maximum Gasteiger partial charge on any atom is 0.257 e. The van der Waals surface area contributed by atoms with E-state index in [0.29, 0.717) is 0 Å². The van der Waals surface area contributed by atoms with Gasteiger partial charge in [0, 0.05) is 20.1 Å². The third-order valence-electron chi connectivity index (χ3n) is 3.96. The lowest BCUT2D eigenvalue weighted by Gasteiger charge is -2.20. The quantitative estimate of drug-likeness (QED) is 0.525. The number of nitrogens with zero attached hydrogens (tertiary/aromatic N) is 1. The van der Waals surface area contributed by atoms with Crippen molar-refractivity contribution in [3.05, 3.63) is 44.2 Å².